The van der Waals surface area contributed by atoms with Gasteiger partial charge >= 0.3 is 5.69 Å². The number of halogens is 1. The quantitative estimate of drug-likeness (QED) is 0.570. The minimum absolute atomic E-state index is 0. The molecule has 0 aliphatic carbocycles. The molecule has 0 amide bonds. The van der Waals surface area contributed by atoms with E-state index in [0.717, 1.165) is 22.1 Å². The maximum atomic E-state index is 12.2. The Hall–Kier alpha value is -1.66. The summed E-state index contributed by atoms with van der Waals surface area (Å²) >= 11 is 0. The van der Waals surface area contributed by atoms with Crippen molar-refractivity contribution in [3.05, 3.63) is 68.5 Å². The lowest BCUT2D eigenvalue weighted by atomic mass is 10.2. The van der Waals surface area contributed by atoms with Gasteiger partial charge in [0.25, 0.3) is 5.56 Å². The highest BCUT2D eigenvalue weighted by Crippen LogP contribution is 2.09. The maximum absolute atomic E-state index is 12.2. The average molecular weight is 382 g/mol. The van der Waals surface area contributed by atoms with Crippen molar-refractivity contribution in [3.8, 4) is 0 Å². The zero-order chi connectivity index (χ0) is 16.3. The summed E-state index contributed by atoms with van der Waals surface area (Å²) in [6.45, 7) is 4.12. The second-order valence-corrected chi connectivity index (χ2v) is 6.42. The number of hydrogen-bond acceptors (Lipinski definition) is 2. The highest BCUT2D eigenvalue weighted by molar-refractivity contribution is 5.13. The summed E-state index contributed by atoms with van der Waals surface area (Å²) < 4.78 is 3.61. The van der Waals surface area contributed by atoms with Gasteiger partial charge in [-0.3, -0.25) is 13.9 Å². The standard InChI is InChI=1S/C17H24N3O2.BrH/c1-14-12-16(21)18(2)17(22)19(14)10-11-20(3,4)13-15-8-6-5-7-9-15;/h5-9,12H,10-11,13H2,1-4H3;1H/q+1;/p-1. The normalized spacial score (nSPS) is 11.1. The van der Waals surface area contributed by atoms with Crippen LogP contribution in [0.4, 0.5) is 0 Å². The van der Waals surface area contributed by atoms with Gasteiger partial charge in [0, 0.05) is 24.4 Å². The van der Waals surface area contributed by atoms with Crippen molar-refractivity contribution in [2.45, 2.75) is 20.0 Å². The molecule has 0 fully saturated rings. The van der Waals surface area contributed by atoms with Crippen LogP contribution in [-0.4, -0.2) is 34.3 Å². The lowest BCUT2D eigenvalue weighted by Gasteiger charge is -2.30. The Morgan fingerprint density at radius 1 is 1.09 bits per heavy atom. The van der Waals surface area contributed by atoms with E-state index in [0.29, 0.717) is 12.2 Å². The Kier molecular flexibility index (Phi) is 6.53. The third-order valence-corrected chi connectivity index (χ3v) is 3.99. The molecule has 1 aromatic carbocycles. The number of hydrogen-bond donors (Lipinski definition) is 0. The number of rotatable bonds is 5. The molecule has 23 heavy (non-hydrogen) atoms. The van der Waals surface area contributed by atoms with Crippen molar-refractivity contribution in [3.63, 3.8) is 0 Å². The molecule has 1 heterocycles. The zero-order valence-corrected chi connectivity index (χ0v) is 15.7. The van der Waals surface area contributed by atoms with E-state index in [4.69, 9.17) is 0 Å². The van der Waals surface area contributed by atoms with E-state index in [1.54, 1.807) is 11.5 Å². The van der Waals surface area contributed by atoms with Crippen molar-refractivity contribution in [1.29, 1.82) is 0 Å². The van der Waals surface area contributed by atoms with E-state index in [1.807, 2.05) is 18.2 Å². The van der Waals surface area contributed by atoms with Gasteiger partial charge in [-0.1, -0.05) is 30.3 Å². The maximum Gasteiger partial charge on any atom is 0.331 e. The fourth-order valence-corrected chi connectivity index (χ4v) is 2.58. The number of aryl methyl sites for hydroxylation is 1. The van der Waals surface area contributed by atoms with Gasteiger partial charge in [0.05, 0.1) is 27.2 Å². The third kappa shape index (κ3) is 4.91. The van der Waals surface area contributed by atoms with Crippen LogP contribution in [0.25, 0.3) is 0 Å². The van der Waals surface area contributed by atoms with Crippen LogP contribution in [0.2, 0.25) is 0 Å². The minimum Gasteiger partial charge on any atom is -1.00 e. The number of nitrogens with zero attached hydrogens (tertiary/aromatic N) is 3. The summed E-state index contributed by atoms with van der Waals surface area (Å²) in [7, 11) is 5.81. The molecule has 0 unspecified atom stereocenters. The lowest BCUT2D eigenvalue weighted by Crippen LogP contribution is -3.00. The second-order valence-electron chi connectivity index (χ2n) is 6.42. The van der Waals surface area contributed by atoms with Crippen LogP contribution in [0.1, 0.15) is 11.3 Å². The molecule has 0 aliphatic rings. The average Bonchev–Trinajstić information content (AvgIpc) is 2.45. The molecule has 6 heteroatoms. The van der Waals surface area contributed by atoms with Crippen molar-refractivity contribution in [2.24, 2.45) is 7.05 Å². The van der Waals surface area contributed by atoms with Crippen LogP contribution in [0.5, 0.6) is 0 Å². The van der Waals surface area contributed by atoms with E-state index < -0.39 is 0 Å². The zero-order valence-electron chi connectivity index (χ0n) is 14.1. The second kappa shape index (κ2) is 7.75. The van der Waals surface area contributed by atoms with Crippen LogP contribution in [0.3, 0.4) is 0 Å². The highest BCUT2D eigenvalue weighted by atomic mass is 79.9. The molecule has 0 bridgehead atoms. The van der Waals surface area contributed by atoms with Crippen molar-refractivity contribution < 1.29 is 21.5 Å². The molecule has 0 N–H and O–H groups in total. The SMILES string of the molecule is Cc1cc(=O)n(C)c(=O)n1CC[N+](C)(C)Cc1ccccc1.[Br-]. The van der Waals surface area contributed by atoms with Crippen LogP contribution in [0.15, 0.2) is 46.0 Å². The van der Waals surface area contributed by atoms with Gasteiger partial charge in [-0.05, 0) is 6.92 Å². The van der Waals surface area contributed by atoms with E-state index in [9.17, 15) is 9.59 Å². The molecule has 2 aromatic rings. The Bertz CT molecular complexity index is 764. The molecule has 0 radical (unpaired) electrons. The van der Waals surface area contributed by atoms with Gasteiger partial charge in [-0.15, -0.1) is 0 Å². The van der Waals surface area contributed by atoms with Gasteiger partial charge in [-0.25, -0.2) is 4.79 Å². The Morgan fingerprint density at radius 2 is 1.70 bits per heavy atom. The Morgan fingerprint density at radius 3 is 2.30 bits per heavy atom. The van der Waals surface area contributed by atoms with E-state index >= 15 is 0 Å². The van der Waals surface area contributed by atoms with Gasteiger partial charge in [0.15, 0.2) is 0 Å². The number of aromatic nitrogens is 2. The predicted octanol–water partition coefficient (Wildman–Crippen LogP) is -1.86. The van der Waals surface area contributed by atoms with Gasteiger partial charge in [-0.2, -0.15) is 0 Å². The van der Waals surface area contributed by atoms with E-state index in [1.165, 1.54) is 18.7 Å². The van der Waals surface area contributed by atoms with Crippen molar-refractivity contribution in [2.75, 3.05) is 20.6 Å². The number of likely N-dealkylation sites (N-methyl/N-ethyl adjacent to an activating group) is 1. The first-order valence-corrected chi connectivity index (χ1v) is 7.43. The molecular weight excluding hydrogens is 358 g/mol. The van der Waals surface area contributed by atoms with Gasteiger partial charge in [0.2, 0.25) is 0 Å². The van der Waals surface area contributed by atoms with Crippen LogP contribution >= 0.6 is 0 Å². The molecule has 1 aromatic heterocycles. The molecule has 0 saturated carbocycles. The predicted molar refractivity (Wildman–Crippen MR) is 87.8 cm³/mol. The number of quaternary nitrogens is 1. The first-order chi connectivity index (χ1) is 10.3. The van der Waals surface area contributed by atoms with E-state index in [-0.39, 0.29) is 28.2 Å². The van der Waals surface area contributed by atoms with Gasteiger partial charge < -0.3 is 21.5 Å². The Labute approximate surface area is 147 Å². The fraction of sp³-hybridized carbons (Fsp3) is 0.412. The summed E-state index contributed by atoms with van der Waals surface area (Å²) in [5.74, 6) is 0. The van der Waals surface area contributed by atoms with Gasteiger partial charge in [0.1, 0.15) is 6.54 Å². The summed E-state index contributed by atoms with van der Waals surface area (Å²) in [6.07, 6.45) is 0. The summed E-state index contributed by atoms with van der Waals surface area (Å²) in [5.41, 5.74) is 1.49. The largest absolute Gasteiger partial charge is 1.00 e. The monoisotopic (exact) mass is 381 g/mol. The molecule has 2 rings (SSSR count). The fourth-order valence-electron chi connectivity index (χ4n) is 2.58. The van der Waals surface area contributed by atoms with Crippen LogP contribution in [0, 0.1) is 6.92 Å². The highest BCUT2D eigenvalue weighted by Gasteiger charge is 2.17. The van der Waals surface area contributed by atoms with Crippen LogP contribution < -0.4 is 28.2 Å². The Balaban J connectivity index is 0.00000264. The first-order valence-electron chi connectivity index (χ1n) is 7.43. The smallest absolute Gasteiger partial charge is 0.331 e. The van der Waals surface area contributed by atoms with Crippen LogP contribution in [-0.2, 0) is 20.1 Å². The molecule has 0 spiro atoms. The first kappa shape index (κ1) is 19.4. The molecule has 5 nitrogen and oxygen atoms in total. The lowest BCUT2D eigenvalue weighted by molar-refractivity contribution is -0.904. The molecular formula is C17H24BrN3O2. The molecule has 126 valence electrons. The topological polar surface area (TPSA) is 44.0 Å². The molecule has 0 atom stereocenters. The molecule has 0 aliphatic heterocycles. The number of benzene rings is 1. The summed E-state index contributed by atoms with van der Waals surface area (Å²) in [5, 5.41) is 0. The van der Waals surface area contributed by atoms with Crippen molar-refractivity contribution in [1.82, 2.24) is 9.13 Å². The summed E-state index contributed by atoms with van der Waals surface area (Å²) in [6, 6.07) is 11.8. The summed E-state index contributed by atoms with van der Waals surface area (Å²) in [4.78, 5) is 23.8. The van der Waals surface area contributed by atoms with Crippen molar-refractivity contribution >= 4 is 0 Å². The third-order valence-electron chi connectivity index (χ3n) is 3.99. The minimum atomic E-state index is -0.253. The van der Waals surface area contributed by atoms with E-state index in [2.05, 4.69) is 26.2 Å². The molecule has 0 saturated heterocycles.